The van der Waals surface area contributed by atoms with Crippen molar-refractivity contribution in [1.29, 1.82) is 0 Å². The summed E-state index contributed by atoms with van der Waals surface area (Å²) in [5.74, 6) is 1.56. The van der Waals surface area contributed by atoms with Crippen molar-refractivity contribution in [2.45, 2.75) is 80.7 Å². The van der Waals surface area contributed by atoms with E-state index in [-0.39, 0.29) is 15.4 Å². The minimum absolute atomic E-state index is 0.0600. The monoisotopic (exact) mass is 1110 g/mol. The fourth-order valence-electron chi connectivity index (χ4n) is 4.24. The lowest BCUT2D eigenvalue weighted by atomic mass is 9.78. The van der Waals surface area contributed by atoms with E-state index in [1.165, 1.54) is 0 Å². The predicted octanol–water partition coefficient (Wildman–Crippen LogP) is 13.2. The Morgan fingerprint density at radius 1 is 0.605 bits per heavy atom. The standard InChI is InChI=1S/C31H40Br8O4/c1-31(2,21-11-13-22(14-12-21)42-23(34)9-7-19-40-17-5-3-15-32)25-26(36)28(38)30(29(39)27(25)37)43-24(35)10-8-20-41-18-6-4-16-33/h11-14,23-24H,3-10,15-20H2,1-2H3. The maximum atomic E-state index is 6.34. The van der Waals surface area contributed by atoms with Gasteiger partial charge in [0.2, 0.25) is 0 Å². The van der Waals surface area contributed by atoms with Crippen LogP contribution >= 0.6 is 127 Å². The van der Waals surface area contributed by atoms with E-state index in [4.69, 9.17) is 18.9 Å². The van der Waals surface area contributed by atoms with Gasteiger partial charge < -0.3 is 18.9 Å². The summed E-state index contributed by atoms with van der Waals surface area (Å²) >= 11 is 29.6. The lowest BCUT2D eigenvalue weighted by molar-refractivity contribution is 0.122. The molecule has 2 atom stereocenters. The SMILES string of the molecule is CC(C)(c1ccc(OC(Br)CCCOCCCCBr)cc1)c1c(Br)c(Br)c(OC(Br)CCCOCCCCBr)c(Br)c1Br. The first-order valence-corrected chi connectivity index (χ1v) is 21.6. The van der Waals surface area contributed by atoms with Crippen LogP contribution in [0.15, 0.2) is 42.2 Å². The van der Waals surface area contributed by atoms with E-state index in [0.29, 0.717) is 0 Å². The van der Waals surface area contributed by atoms with Gasteiger partial charge in [-0.1, -0.05) is 57.8 Å². The van der Waals surface area contributed by atoms with Crippen molar-refractivity contribution in [2.75, 3.05) is 37.1 Å². The predicted molar refractivity (Wildman–Crippen MR) is 209 cm³/mol. The summed E-state index contributed by atoms with van der Waals surface area (Å²) in [5.41, 5.74) is 1.93. The molecule has 4 nitrogen and oxygen atoms in total. The van der Waals surface area contributed by atoms with Crippen LogP contribution in [-0.2, 0) is 14.9 Å². The van der Waals surface area contributed by atoms with E-state index in [2.05, 4.69) is 153 Å². The van der Waals surface area contributed by atoms with Crippen molar-refractivity contribution in [1.82, 2.24) is 0 Å². The first kappa shape index (κ1) is 41.0. The summed E-state index contributed by atoms with van der Waals surface area (Å²) in [6.07, 6.45) is 8.01. The van der Waals surface area contributed by atoms with Gasteiger partial charge in [-0.25, -0.2) is 0 Å². The van der Waals surface area contributed by atoms with Crippen molar-refractivity contribution in [3.63, 3.8) is 0 Å². The number of ether oxygens (including phenoxy) is 4. The van der Waals surface area contributed by atoms with Gasteiger partial charge in [-0.3, -0.25) is 0 Å². The van der Waals surface area contributed by atoms with E-state index in [0.717, 1.165) is 129 Å². The summed E-state index contributed by atoms with van der Waals surface area (Å²) in [4.78, 5) is 0. The topological polar surface area (TPSA) is 36.9 Å². The molecular weight excluding hydrogens is 1080 g/mol. The Morgan fingerprint density at radius 2 is 1.05 bits per heavy atom. The van der Waals surface area contributed by atoms with Crippen LogP contribution in [0.3, 0.4) is 0 Å². The molecule has 0 N–H and O–H groups in total. The van der Waals surface area contributed by atoms with Crippen LogP contribution in [0.1, 0.15) is 76.3 Å². The van der Waals surface area contributed by atoms with Crippen LogP contribution in [0.25, 0.3) is 0 Å². The Kier molecular flexibility index (Phi) is 21.4. The molecule has 2 aromatic carbocycles. The third-order valence-electron chi connectivity index (χ3n) is 6.72. The van der Waals surface area contributed by atoms with Crippen LogP contribution in [0.4, 0.5) is 0 Å². The Balaban J connectivity index is 2.01. The normalized spacial score (nSPS) is 13.3. The summed E-state index contributed by atoms with van der Waals surface area (Å²) < 4.78 is 27.5. The summed E-state index contributed by atoms with van der Waals surface area (Å²) in [6.45, 7) is 7.52. The van der Waals surface area contributed by atoms with Gasteiger partial charge >= 0.3 is 0 Å². The van der Waals surface area contributed by atoms with Crippen molar-refractivity contribution in [3.05, 3.63) is 53.3 Å². The fraction of sp³-hybridized carbons (Fsp3) is 0.613. The zero-order valence-electron chi connectivity index (χ0n) is 24.5. The molecule has 0 aromatic heterocycles. The Morgan fingerprint density at radius 3 is 1.51 bits per heavy atom. The average Bonchev–Trinajstić information content (AvgIpc) is 2.97. The molecule has 43 heavy (non-hydrogen) atoms. The van der Waals surface area contributed by atoms with Crippen molar-refractivity contribution in [2.24, 2.45) is 0 Å². The van der Waals surface area contributed by atoms with Gasteiger partial charge in [-0.2, -0.15) is 0 Å². The van der Waals surface area contributed by atoms with Crippen LogP contribution < -0.4 is 9.47 Å². The summed E-state index contributed by atoms with van der Waals surface area (Å²) in [7, 11) is 0. The first-order chi connectivity index (χ1) is 20.5. The molecule has 0 aliphatic rings. The van der Waals surface area contributed by atoms with Crippen LogP contribution in [0.2, 0.25) is 0 Å². The van der Waals surface area contributed by atoms with Crippen molar-refractivity contribution < 1.29 is 18.9 Å². The summed E-state index contributed by atoms with van der Waals surface area (Å²) in [5, 5.41) is 1.84. The molecule has 0 spiro atoms. The first-order valence-electron chi connectivity index (χ1n) is 14.4. The largest absolute Gasteiger partial charge is 0.479 e. The maximum absolute atomic E-state index is 6.34. The second-order valence-corrected chi connectivity index (χ2v) is 17.3. The molecule has 0 fully saturated rings. The van der Waals surface area contributed by atoms with E-state index in [9.17, 15) is 0 Å². The third-order valence-corrected chi connectivity index (χ3v) is 13.3. The van der Waals surface area contributed by atoms with E-state index in [1.54, 1.807) is 0 Å². The Bertz CT molecular complexity index is 1060. The molecule has 0 amide bonds. The molecule has 0 aliphatic carbocycles. The smallest absolute Gasteiger partial charge is 0.153 e. The molecule has 0 saturated carbocycles. The molecule has 2 unspecified atom stereocenters. The second-order valence-electron chi connectivity index (χ2n) is 10.5. The molecule has 0 radical (unpaired) electrons. The zero-order valence-corrected chi connectivity index (χ0v) is 37.2. The van der Waals surface area contributed by atoms with Gasteiger partial charge in [0.15, 0.2) is 15.8 Å². The van der Waals surface area contributed by atoms with Gasteiger partial charge in [-0.15, -0.1) is 0 Å². The number of rotatable bonds is 22. The quantitative estimate of drug-likeness (QED) is 0.0669. The number of benzene rings is 2. The van der Waals surface area contributed by atoms with Crippen LogP contribution in [0.5, 0.6) is 11.5 Å². The van der Waals surface area contributed by atoms with Crippen molar-refractivity contribution in [3.8, 4) is 11.5 Å². The number of halogens is 8. The van der Waals surface area contributed by atoms with Gasteiger partial charge in [0.1, 0.15) is 5.75 Å². The lowest BCUT2D eigenvalue weighted by Crippen LogP contribution is -2.21. The van der Waals surface area contributed by atoms with E-state index >= 15 is 0 Å². The van der Waals surface area contributed by atoms with Gasteiger partial charge in [0.05, 0.1) is 8.95 Å². The number of unbranched alkanes of at least 4 members (excludes halogenated alkanes) is 2. The minimum atomic E-state index is -0.334. The highest BCUT2D eigenvalue weighted by atomic mass is 79.9. The van der Waals surface area contributed by atoms with E-state index < -0.39 is 0 Å². The molecule has 0 saturated heterocycles. The average molecular weight is 1120 g/mol. The molecule has 2 aromatic rings. The van der Waals surface area contributed by atoms with Gasteiger partial charge in [-0.05, 0) is 170 Å². The maximum Gasteiger partial charge on any atom is 0.153 e. The fourth-order valence-corrected chi connectivity index (χ4v) is 9.35. The molecule has 12 heteroatoms. The molecule has 0 heterocycles. The molecule has 0 bridgehead atoms. The minimum Gasteiger partial charge on any atom is -0.479 e. The summed E-state index contributed by atoms with van der Waals surface area (Å²) in [6, 6.07) is 8.33. The Hall–Kier alpha value is 1.80. The second kappa shape index (κ2) is 22.4. The molecule has 0 aliphatic heterocycles. The molecule has 244 valence electrons. The third kappa shape index (κ3) is 14.1. The molecule has 2 rings (SSSR count). The highest BCUT2D eigenvalue weighted by molar-refractivity contribution is 9.14. The zero-order chi connectivity index (χ0) is 31.8. The van der Waals surface area contributed by atoms with E-state index in [1.807, 2.05) is 12.1 Å². The number of alkyl halides is 4. The highest BCUT2D eigenvalue weighted by Crippen LogP contribution is 2.52. The van der Waals surface area contributed by atoms with Gasteiger partial charge in [0.25, 0.3) is 0 Å². The van der Waals surface area contributed by atoms with Crippen LogP contribution in [0, 0.1) is 0 Å². The number of hydrogen-bond donors (Lipinski definition) is 0. The Labute approximate surface area is 325 Å². The van der Waals surface area contributed by atoms with Crippen LogP contribution in [-0.4, -0.2) is 47.1 Å². The highest BCUT2D eigenvalue weighted by Gasteiger charge is 2.33. The van der Waals surface area contributed by atoms with Gasteiger partial charge in [0, 0.05) is 51.4 Å². The van der Waals surface area contributed by atoms with Crippen molar-refractivity contribution >= 4 is 127 Å². The molecular formula is C31H40Br8O4. The number of hydrogen-bond acceptors (Lipinski definition) is 4. The lowest BCUT2D eigenvalue weighted by Gasteiger charge is -2.31.